The van der Waals surface area contributed by atoms with Gasteiger partial charge in [-0.25, -0.2) is 0 Å². The first-order valence-corrected chi connectivity index (χ1v) is 10.4. The molecule has 34 heavy (non-hydrogen) atoms. The van der Waals surface area contributed by atoms with Gasteiger partial charge in [-0.1, -0.05) is 12.1 Å². The van der Waals surface area contributed by atoms with Crippen molar-refractivity contribution < 1.29 is 47.7 Å². The topological polar surface area (TPSA) is 156 Å². The lowest BCUT2D eigenvalue weighted by atomic mass is 9.96. The minimum Gasteiger partial charge on any atom is -0.463 e. The number of rotatable bonds is 8. The molecule has 1 aliphatic rings. The maximum atomic E-state index is 12.0. The first-order chi connectivity index (χ1) is 16.0. The van der Waals surface area contributed by atoms with Gasteiger partial charge in [0.05, 0.1) is 5.69 Å². The van der Waals surface area contributed by atoms with E-state index >= 15 is 0 Å². The number of carbonyl (C=O) groups excluding carboxylic acids is 5. The van der Waals surface area contributed by atoms with Crippen molar-refractivity contribution in [3.63, 3.8) is 0 Å². The molecule has 12 heteroatoms. The Hall–Kier alpha value is -3.67. The van der Waals surface area contributed by atoms with E-state index in [1.165, 1.54) is 20.8 Å². The van der Waals surface area contributed by atoms with Gasteiger partial charge in [0.25, 0.3) is 0 Å². The first kappa shape index (κ1) is 26.6. The van der Waals surface area contributed by atoms with Crippen LogP contribution in [0.3, 0.4) is 0 Å². The molecule has 2 rings (SSSR count). The molecule has 0 aromatic heterocycles. The largest absolute Gasteiger partial charge is 0.463 e. The first-order valence-electron chi connectivity index (χ1n) is 10.4. The lowest BCUT2D eigenvalue weighted by molar-refractivity contribution is -0.257. The number of carbonyl (C=O) groups is 5. The number of ether oxygens (including phenoxy) is 5. The van der Waals surface area contributed by atoms with Crippen LogP contribution in [0.4, 0.5) is 5.69 Å². The van der Waals surface area contributed by atoms with Gasteiger partial charge in [-0.2, -0.15) is 0 Å². The fraction of sp³-hybridized carbons (Fsp3) is 0.500. The van der Waals surface area contributed by atoms with Gasteiger partial charge in [0.15, 0.2) is 12.2 Å². The predicted molar refractivity (Wildman–Crippen MR) is 115 cm³/mol. The third-order valence-electron chi connectivity index (χ3n) is 4.51. The fourth-order valence-electron chi connectivity index (χ4n) is 3.38. The highest BCUT2D eigenvalue weighted by Gasteiger charge is 2.52. The van der Waals surface area contributed by atoms with Crippen LogP contribution in [0, 0.1) is 0 Å². The van der Waals surface area contributed by atoms with Crippen LogP contribution in [-0.4, -0.2) is 67.0 Å². The molecule has 186 valence electrons. The Balaban J connectivity index is 2.50. The smallest absolute Gasteiger partial charge is 0.303 e. The highest BCUT2D eigenvalue weighted by molar-refractivity contribution is 5.90. The van der Waals surface area contributed by atoms with Gasteiger partial charge in [-0.15, -0.1) is 0 Å². The number of para-hydroxylation sites is 2. The number of hydrogen-bond donors (Lipinski definition) is 2. The average molecular weight is 480 g/mol. The second kappa shape index (κ2) is 12.0. The van der Waals surface area contributed by atoms with Crippen LogP contribution in [-0.2, 0) is 42.9 Å². The number of nitrogens with one attached hydrogen (secondary N) is 2. The van der Waals surface area contributed by atoms with Crippen molar-refractivity contribution in [1.29, 1.82) is 0 Å². The minimum absolute atomic E-state index is 0.191. The fourth-order valence-corrected chi connectivity index (χ4v) is 3.38. The summed E-state index contributed by atoms with van der Waals surface area (Å²) in [7, 11) is 0. The molecule has 0 aliphatic carbocycles. The van der Waals surface area contributed by atoms with Crippen molar-refractivity contribution in [2.75, 3.05) is 11.9 Å². The zero-order valence-corrected chi connectivity index (χ0v) is 19.5. The number of anilines is 1. The van der Waals surface area contributed by atoms with Gasteiger partial charge in [0.1, 0.15) is 24.5 Å². The molecule has 1 aromatic carbocycles. The molecule has 5 atom stereocenters. The summed E-state index contributed by atoms with van der Waals surface area (Å²) in [6.45, 7) is 5.68. The second-order valence-corrected chi connectivity index (χ2v) is 7.52. The highest BCUT2D eigenvalue weighted by atomic mass is 16.7. The van der Waals surface area contributed by atoms with Crippen molar-refractivity contribution in [2.45, 2.75) is 65.3 Å². The molecule has 1 aliphatic heterocycles. The summed E-state index contributed by atoms with van der Waals surface area (Å²) in [5, 5.41) is 5.22. The lowest BCUT2D eigenvalue weighted by Crippen LogP contribution is -2.67. The normalized spacial score (nSPS) is 23.7. The van der Waals surface area contributed by atoms with Crippen molar-refractivity contribution in [3.8, 4) is 5.75 Å². The van der Waals surface area contributed by atoms with Crippen molar-refractivity contribution in [1.82, 2.24) is 5.32 Å². The van der Waals surface area contributed by atoms with E-state index in [-0.39, 0.29) is 18.3 Å². The summed E-state index contributed by atoms with van der Waals surface area (Å²) in [6.07, 6.45) is -4.89. The number of hydrogen-bond acceptors (Lipinski definition) is 10. The van der Waals surface area contributed by atoms with Gasteiger partial charge >= 0.3 is 17.9 Å². The zero-order valence-electron chi connectivity index (χ0n) is 19.5. The molecule has 0 spiro atoms. The Morgan fingerprint density at radius 3 is 2.03 bits per heavy atom. The highest BCUT2D eigenvalue weighted by Crippen LogP contribution is 2.32. The van der Waals surface area contributed by atoms with Crippen LogP contribution >= 0.6 is 0 Å². The Bertz CT molecular complexity index is 934. The summed E-state index contributed by atoms with van der Waals surface area (Å²) >= 11 is 0. The molecule has 0 radical (unpaired) electrons. The van der Waals surface area contributed by atoms with Crippen LogP contribution in [0.15, 0.2) is 24.3 Å². The Kier molecular flexibility index (Phi) is 9.36. The average Bonchev–Trinajstić information content (AvgIpc) is 2.71. The van der Waals surface area contributed by atoms with Crippen LogP contribution in [0.25, 0.3) is 0 Å². The molecule has 2 amide bonds. The number of esters is 3. The molecule has 0 saturated carbocycles. The van der Waals surface area contributed by atoms with Crippen molar-refractivity contribution >= 4 is 35.4 Å². The summed E-state index contributed by atoms with van der Waals surface area (Å²) in [5.41, 5.74) is 0.322. The van der Waals surface area contributed by atoms with Crippen LogP contribution in [0.2, 0.25) is 0 Å². The lowest BCUT2D eigenvalue weighted by Gasteiger charge is -2.44. The van der Waals surface area contributed by atoms with Gasteiger partial charge in [-0.3, -0.25) is 24.0 Å². The van der Waals surface area contributed by atoms with Crippen LogP contribution in [0.1, 0.15) is 34.6 Å². The van der Waals surface area contributed by atoms with E-state index in [0.717, 1.165) is 13.8 Å². The summed E-state index contributed by atoms with van der Waals surface area (Å²) in [4.78, 5) is 58.7. The molecule has 1 fully saturated rings. The predicted octanol–water partition coefficient (Wildman–Crippen LogP) is 0.680. The van der Waals surface area contributed by atoms with Crippen LogP contribution in [0.5, 0.6) is 5.75 Å². The third kappa shape index (κ3) is 7.73. The van der Waals surface area contributed by atoms with Crippen LogP contribution < -0.4 is 15.4 Å². The SMILES string of the molecule is CC(=O)Nc1ccccc1O[C@@H]1O[C@H](COC(C)=O)[C@H](OC(C)=O)[C@H](OC(C)=O)[C@@H]1NC(C)=O. The Labute approximate surface area is 196 Å². The van der Waals surface area contributed by atoms with Gasteiger partial charge in [-0.05, 0) is 12.1 Å². The van der Waals surface area contributed by atoms with Gasteiger partial charge < -0.3 is 34.3 Å². The van der Waals surface area contributed by atoms with E-state index < -0.39 is 54.5 Å². The van der Waals surface area contributed by atoms with E-state index in [1.54, 1.807) is 24.3 Å². The van der Waals surface area contributed by atoms with E-state index in [2.05, 4.69) is 10.6 Å². The molecule has 1 heterocycles. The number of benzene rings is 1. The molecule has 1 saturated heterocycles. The Morgan fingerprint density at radius 2 is 1.47 bits per heavy atom. The van der Waals surface area contributed by atoms with E-state index in [1.807, 2.05) is 0 Å². The summed E-state index contributed by atoms with van der Waals surface area (Å²) < 4.78 is 27.7. The van der Waals surface area contributed by atoms with E-state index in [0.29, 0.717) is 5.69 Å². The van der Waals surface area contributed by atoms with Gasteiger partial charge in [0.2, 0.25) is 18.1 Å². The maximum absolute atomic E-state index is 12.0. The van der Waals surface area contributed by atoms with Gasteiger partial charge in [0, 0.05) is 34.6 Å². The molecular weight excluding hydrogens is 452 g/mol. The molecule has 0 bridgehead atoms. The molecule has 0 unspecified atom stereocenters. The maximum Gasteiger partial charge on any atom is 0.303 e. The molecule has 12 nitrogen and oxygen atoms in total. The molecular formula is C22H28N2O10. The monoisotopic (exact) mass is 480 g/mol. The standard InChI is InChI=1S/C22H28N2O10/c1-11(25)23-16-8-6-7-9-17(16)33-22-19(24-12(2)26)21(32-15(5)29)20(31-14(4)28)18(34-22)10-30-13(3)27/h6-9,18-22H,10H2,1-5H3,(H,23,25)(H,24,26)/t18-,19+,20+,21-,22-/m1/s1. The van der Waals surface area contributed by atoms with Crippen molar-refractivity contribution in [3.05, 3.63) is 24.3 Å². The minimum atomic E-state index is -1.30. The second-order valence-electron chi connectivity index (χ2n) is 7.52. The molecule has 1 aromatic rings. The summed E-state index contributed by atoms with van der Waals surface area (Å²) in [5.74, 6) is -2.71. The number of amides is 2. The summed E-state index contributed by atoms with van der Waals surface area (Å²) in [6, 6.07) is 5.34. The molecule has 2 N–H and O–H groups in total. The Morgan fingerprint density at radius 1 is 0.853 bits per heavy atom. The van der Waals surface area contributed by atoms with E-state index in [9.17, 15) is 24.0 Å². The third-order valence-corrected chi connectivity index (χ3v) is 4.51. The zero-order chi connectivity index (χ0) is 25.4. The van der Waals surface area contributed by atoms with E-state index in [4.69, 9.17) is 23.7 Å². The van der Waals surface area contributed by atoms with Crippen molar-refractivity contribution in [2.24, 2.45) is 0 Å². The quantitative estimate of drug-likeness (QED) is 0.401.